The Labute approximate surface area is 129 Å². The van der Waals surface area contributed by atoms with Gasteiger partial charge in [0.1, 0.15) is 0 Å². The minimum absolute atomic E-state index is 0.181. The summed E-state index contributed by atoms with van der Waals surface area (Å²) in [6, 6.07) is 0.478. The largest absolute Gasteiger partial charge is 0.385 e. The molecule has 0 amide bonds. The van der Waals surface area contributed by atoms with Crippen molar-refractivity contribution in [2.75, 3.05) is 52.2 Å². The van der Waals surface area contributed by atoms with Gasteiger partial charge in [-0.1, -0.05) is 6.92 Å². The SMILES string of the molecule is CCC(CCN)N1CCCN(S(=O)(=O)CCCOC)CC1. The van der Waals surface area contributed by atoms with Crippen LogP contribution in [0.5, 0.6) is 0 Å². The average Bonchev–Trinajstić information content (AvgIpc) is 2.71. The first-order chi connectivity index (χ1) is 10.0. The molecule has 0 radical (unpaired) electrons. The van der Waals surface area contributed by atoms with E-state index in [-0.39, 0.29) is 5.75 Å². The lowest BCUT2D eigenvalue weighted by Gasteiger charge is -2.29. The van der Waals surface area contributed by atoms with Gasteiger partial charge in [0.25, 0.3) is 0 Å². The lowest BCUT2D eigenvalue weighted by Crippen LogP contribution is -2.40. The van der Waals surface area contributed by atoms with Crippen LogP contribution in [0, 0.1) is 0 Å². The van der Waals surface area contributed by atoms with Gasteiger partial charge in [0.15, 0.2) is 0 Å². The molecule has 21 heavy (non-hydrogen) atoms. The standard InChI is InChI=1S/C14H31N3O3S/c1-3-14(6-7-15)16-8-4-9-17(11-10-16)21(18,19)13-5-12-20-2/h14H,3-13,15H2,1-2H3. The second-order valence-corrected chi connectivity index (χ2v) is 7.68. The Hall–Kier alpha value is -0.210. The Morgan fingerprint density at radius 2 is 2.00 bits per heavy atom. The maximum atomic E-state index is 12.3. The molecule has 1 unspecified atom stereocenters. The van der Waals surface area contributed by atoms with Gasteiger partial charge < -0.3 is 10.5 Å². The first kappa shape index (κ1) is 18.8. The van der Waals surface area contributed by atoms with Gasteiger partial charge in [-0.05, 0) is 38.8 Å². The molecule has 0 aromatic carbocycles. The van der Waals surface area contributed by atoms with Crippen LogP contribution < -0.4 is 5.73 Å². The summed E-state index contributed by atoms with van der Waals surface area (Å²) >= 11 is 0. The zero-order chi connectivity index (χ0) is 15.7. The van der Waals surface area contributed by atoms with Crippen LogP contribution in [0.3, 0.4) is 0 Å². The van der Waals surface area contributed by atoms with Crippen LogP contribution in [0.15, 0.2) is 0 Å². The molecule has 1 heterocycles. The van der Waals surface area contributed by atoms with Crippen LogP contribution >= 0.6 is 0 Å². The topological polar surface area (TPSA) is 75.9 Å². The fourth-order valence-corrected chi connectivity index (χ4v) is 4.42. The number of rotatable bonds is 9. The number of nitrogens with zero attached hydrogens (tertiary/aromatic N) is 2. The highest BCUT2D eigenvalue weighted by Gasteiger charge is 2.26. The van der Waals surface area contributed by atoms with Crippen molar-refractivity contribution in [3.05, 3.63) is 0 Å². The van der Waals surface area contributed by atoms with Crippen molar-refractivity contribution in [1.82, 2.24) is 9.21 Å². The van der Waals surface area contributed by atoms with E-state index >= 15 is 0 Å². The average molecular weight is 321 g/mol. The molecule has 2 N–H and O–H groups in total. The molecule has 0 bridgehead atoms. The van der Waals surface area contributed by atoms with E-state index in [9.17, 15) is 8.42 Å². The molecular weight excluding hydrogens is 290 g/mol. The van der Waals surface area contributed by atoms with Crippen molar-refractivity contribution in [2.45, 2.75) is 38.6 Å². The maximum absolute atomic E-state index is 12.3. The summed E-state index contributed by atoms with van der Waals surface area (Å²) in [7, 11) is -1.55. The molecule has 1 atom stereocenters. The molecule has 0 saturated carbocycles. The van der Waals surface area contributed by atoms with Crippen LogP contribution in [0.25, 0.3) is 0 Å². The van der Waals surface area contributed by atoms with Crippen molar-refractivity contribution >= 4 is 10.0 Å². The summed E-state index contributed by atoms with van der Waals surface area (Å²) in [5, 5.41) is 0. The van der Waals surface area contributed by atoms with Gasteiger partial charge in [0.05, 0.1) is 5.75 Å². The fraction of sp³-hybridized carbons (Fsp3) is 1.00. The second-order valence-electron chi connectivity index (χ2n) is 5.59. The number of methoxy groups -OCH3 is 1. The van der Waals surface area contributed by atoms with Crippen LogP contribution in [0.2, 0.25) is 0 Å². The highest BCUT2D eigenvalue weighted by molar-refractivity contribution is 7.89. The van der Waals surface area contributed by atoms with Gasteiger partial charge in [0, 0.05) is 39.4 Å². The molecule has 1 rings (SSSR count). The van der Waals surface area contributed by atoms with Crippen molar-refractivity contribution in [3.63, 3.8) is 0 Å². The molecule has 1 saturated heterocycles. The van der Waals surface area contributed by atoms with E-state index in [0.29, 0.717) is 38.7 Å². The van der Waals surface area contributed by atoms with E-state index in [4.69, 9.17) is 10.5 Å². The Bertz CT molecular complexity index is 376. The predicted octanol–water partition coefficient (Wildman–Crippen LogP) is 0.488. The summed E-state index contributed by atoms with van der Waals surface area (Å²) in [4.78, 5) is 2.40. The molecule has 126 valence electrons. The number of ether oxygens (including phenoxy) is 1. The molecule has 1 fully saturated rings. The van der Waals surface area contributed by atoms with E-state index < -0.39 is 10.0 Å². The molecule has 0 aliphatic carbocycles. The van der Waals surface area contributed by atoms with Gasteiger partial charge in [0.2, 0.25) is 10.0 Å². The first-order valence-corrected chi connectivity index (χ1v) is 9.57. The van der Waals surface area contributed by atoms with Crippen LogP contribution in [0.4, 0.5) is 0 Å². The summed E-state index contributed by atoms with van der Waals surface area (Å²) in [5.74, 6) is 0.181. The predicted molar refractivity (Wildman–Crippen MR) is 85.8 cm³/mol. The minimum atomic E-state index is -3.15. The van der Waals surface area contributed by atoms with E-state index in [1.807, 2.05) is 0 Å². The Kier molecular flexibility index (Phi) is 8.73. The Morgan fingerprint density at radius 3 is 2.62 bits per heavy atom. The summed E-state index contributed by atoms with van der Waals surface area (Å²) in [6.45, 7) is 6.35. The monoisotopic (exact) mass is 321 g/mol. The van der Waals surface area contributed by atoms with E-state index in [1.165, 1.54) is 0 Å². The fourth-order valence-electron chi connectivity index (χ4n) is 2.91. The molecule has 0 aromatic rings. The van der Waals surface area contributed by atoms with Crippen molar-refractivity contribution < 1.29 is 13.2 Å². The number of nitrogens with two attached hydrogens (primary N) is 1. The molecule has 0 aromatic heterocycles. The normalized spacial score (nSPS) is 20.3. The quantitative estimate of drug-likeness (QED) is 0.626. The van der Waals surface area contributed by atoms with E-state index in [0.717, 1.165) is 32.4 Å². The summed E-state index contributed by atoms with van der Waals surface area (Å²) in [5.41, 5.74) is 5.67. The minimum Gasteiger partial charge on any atom is -0.385 e. The Balaban J connectivity index is 2.54. The van der Waals surface area contributed by atoms with Gasteiger partial charge in [-0.3, -0.25) is 4.90 Å². The van der Waals surface area contributed by atoms with Crippen molar-refractivity contribution in [1.29, 1.82) is 0 Å². The summed E-state index contributed by atoms with van der Waals surface area (Å²) in [6.07, 6.45) is 3.50. The molecule has 1 aliphatic rings. The lowest BCUT2D eigenvalue weighted by molar-refractivity contribution is 0.192. The molecule has 1 aliphatic heterocycles. The Morgan fingerprint density at radius 1 is 1.24 bits per heavy atom. The van der Waals surface area contributed by atoms with Crippen LogP contribution in [-0.2, 0) is 14.8 Å². The van der Waals surface area contributed by atoms with Crippen molar-refractivity contribution in [2.24, 2.45) is 5.73 Å². The first-order valence-electron chi connectivity index (χ1n) is 7.96. The van der Waals surface area contributed by atoms with Crippen LogP contribution in [0.1, 0.15) is 32.6 Å². The molecule has 0 spiro atoms. The zero-order valence-electron chi connectivity index (χ0n) is 13.5. The number of hydrogen-bond donors (Lipinski definition) is 1. The maximum Gasteiger partial charge on any atom is 0.214 e. The highest BCUT2D eigenvalue weighted by atomic mass is 32.2. The third-order valence-electron chi connectivity index (χ3n) is 4.12. The van der Waals surface area contributed by atoms with E-state index in [1.54, 1.807) is 11.4 Å². The second kappa shape index (κ2) is 9.74. The van der Waals surface area contributed by atoms with Gasteiger partial charge in [-0.2, -0.15) is 0 Å². The smallest absolute Gasteiger partial charge is 0.214 e. The lowest BCUT2D eigenvalue weighted by atomic mass is 10.1. The van der Waals surface area contributed by atoms with Crippen LogP contribution in [-0.4, -0.2) is 75.9 Å². The highest BCUT2D eigenvalue weighted by Crippen LogP contribution is 2.15. The van der Waals surface area contributed by atoms with Crippen molar-refractivity contribution in [3.8, 4) is 0 Å². The number of sulfonamides is 1. The zero-order valence-corrected chi connectivity index (χ0v) is 14.3. The number of hydrogen-bond acceptors (Lipinski definition) is 5. The third kappa shape index (κ3) is 6.20. The van der Waals surface area contributed by atoms with Gasteiger partial charge in [-0.25, -0.2) is 12.7 Å². The van der Waals surface area contributed by atoms with Gasteiger partial charge in [-0.15, -0.1) is 0 Å². The molecular formula is C14H31N3O3S. The van der Waals surface area contributed by atoms with Gasteiger partial charge >= 0.3 is 0 Å². The third-order valence-corrected chi connectivity index (χ3v) is 6.08. The molecule has 6 nitrogen and oxygen atoms in total. The summed E-state index contributed by atoms with van der Waals surface area (Å²) < 4.78 is 31.2. The van der Waals surface area contributed by atoms with E-state index in [2.05, 4.69) is 11.8 Å². The molecule has 7 heteroatoms.